The van der Waals surface area contributed by atoms with Crippen molar-refractivity contribution in [1.82, 2.24) is 14.7 Å². The van der Waals surface area contributed by atoms with Gasteiger partial charge in [0.1, 0.15) is 6.04 Å². The van der Waals surface area contributed by atoms with Crippen molar-refractivity contribution in [3.05, 3.63) is 35.4 Å². The van der Waals surface area contributed by atoms with Gasteiger partial charge in [0.25, 0.3) is 0 Å². The zero-order valence-electron chi connectivity index (χ0n) is 18.2. The van der Waals surface area contributed by atoms with Gasteiger partial charge in [-0.3, -0.25) is 14.5 Å². The Morgan fingerprint density at radius 2 is 2.12 bits per heavy atom. The molecule has 166 valence electrons. The van der Waals surface area contributed by atoms with Crippen molar-refractivity contribution in [2.24, 2.45) is 17.6 Å². The summed E-state index contributed by atoms with van der Waals surface area (Å²) in [5.41, 5.74) is 7.88. The molecule has 1 aromatic carbocycles. The van der Waals surface area contributed by atoms with Crippen LogP contribution in [0.25, 0.3) is 0 Å². The van der Waals surface area contributed by atoms with Crippen molar-refractivity contribution in [2.45, 2.75) is 62.9 Å². The maximum Gasteiger partial charge on any atom is 0.242 e. The summed E-state index contributed by atoms with van der Waals surface area (Å²) in [5, 5.41) is 18.6. The number of piperazine rings is 1. The monoisotopic (exact) mass is 432 g/mol. The molecule has 32 heavy (non-hydrogen) atoms. The predicted molar refractivity (Wildman–Crippen MR) is 115 cm³/mol. The minimum atomic E-state index is -0.731. The van der Waals surface area contributed by atoms with Gasteiger partial charge in [-0.1, -0.05) is 19.1 Å². The molecule has 4 fully saturated rings. The number of carbonyl (C=O) groups is 2. The van der Waals surface area contributed by atoms with E-state index in [1.54, 1.807) is 11.0 Å². The molecule has 2 amide bonds. The van der Waals surface area contributed by atoms with Crippen molar-refractivity contribution in [3.63, 3.8) is 0 Å². The Balaban J connectivity index is 1.22. The van der Waals surface area contributed by atoms with Crippen molar-refractivity contribution in [2.75, 3.05) is 13.1 Å². The van der Waals surface area contributed by atoms with Crippen LogP contribution < -0.4 is 5.73 Å². The zero-order chi connectivity index (χ0) is 22.6. The number of nitriles is 2. The molecule has 7 atom stereocenters. The second-order valence-electron chi connectivity index (χ2n) is 9.73. The SMILES string of the molecule is C[C@H]1C2CCC(C#N)N(C(=O)C(N)CN3CC4CC3C(=O)N4Cc3cccc(C#N)c3)C21. The van der Waals surface area contributed by atoms with E-state index in [1.807, 2.05) is 28.0 Å². The lowest BCUT2D eigenvalue weighted by atomic mass is 10.0. The molecule has 3 saturated heterocycles. The molecule has 1 aromatic rings. The molecule has 1 aliphatic carbocycles. The Morgan fingerprint density at radius 1 is 1.31 bits per heavy atom. The first kappa shape index (κ1) is 20.9. The number of hydrogen-bond donors (Lipinski definition) is 1. The Labute approximate surface area is 188 Å². The fraction of sp³-hybridized carbons (Fsp3) is 0.583. The summed E-state index contributed by atoms with van der Waals surface area (Å²) >= 11 is 0. The number of likely N-dealkylation sites (tertiary alicyclic amines) is 3. The van der Waals surface area contributed by atoms with E-state index in [2.05, 4.69) is 19.1 Å². The molecule has 8 heteroatoms. The highest BCUT2D eigenvalue weighted by Crippen LogP contribution is 2.50. The van der Waals surface area contributed by atoms with E-state index < -0.39 is 12.1 Å². The van der Waals surface area contributed by atoms with Gasteiger partial charge < -0.3 is 15.5 Å². The van der Waals surface area contributed by atoms with E-state index in [1.165, 1.54) is 0 Å². The van der Waals surface area contributed by atoms with Crippen molar-refractivity contribution >= 4 is 11.8 Å². The number of nitrogens with two attached hydrogens (primary N) is 1. The Bertz CT molecular complexity index is 1030. The molecule has 4 aliphatic rings. The first-order valence-electron chi connectivity index (χ1n) is 11.4. The average molecular weight is 433 g/mol. The lowest BCUT2D eigenvalue weighted by Crippen LogP contribution is -2.58. The highest BCUT2D eigenvalue weighted by atomic mass is 16.2. The number of amides is 2. The average Bonchev–Trinajstić information content (AvgIpc) is 3.13. The highest BCUT2D eigenvalue weighted by Gasteiger charge is 2.57. The Morgan fingerprint density at radius 3 is 2.84 bits per heavy atom. The van der Waals surface area contributed by atoms with Crippen molar-refractivity contribution < 1.29 is 9.59 Å². The molecule has 8 nitrogen and oxygen atoms in total. The fourth-order valence-electron chi connectivity index (χ4n) is 6.14. The Kier molecular flexibility index (Phi) is 5.16. The van der Waals surface area contributed by atoms with Crippen LogP contribution >= 0.6 is 0 Å². The van der Waals surface area contributed by atoms with E-state index in [9.17, 15) is 14.9 Å². The van der Waals surface area contributed by atoms with Gasteiger partial charge in [-0.25, -0.2) is 0 Å². The number of nitrogens with zero attached hydrogens (tertiary/aromatic N) is 5. The molecule has 1 saturated carbocycles. The van der Waals surface area contributed by atoms with Crippen LogP contribution in [-0.4, -0.2) is 69.8 Å². The summed E-state index contributed by atoms with van der Waals surface area (Å²) in [6.07, 6.45) is 2.46. The van der Waals surface area contributed by atoms with Gasteiger partial charge in [-0.15, -0.1) is 0 Å². The lowest BCUT2D eigenvalue weighted by Gasteiger charge is -2.37. The van der Waals surface area contributed by atoms with Crippen molar-refractivity contribution in [3.8, 4) is 12.1 Å². The number of carbonyl (C=O) groups excluding carboxylic acids is 2. The van der Waals surface area contributed by atoms with Crippen LogP contribution in [-0.2, 0) is 16.1 Å². The van der Waals surface area contributed by atoms with Crippen LogP contribution in [0.4, 0.5) is 0 Å². The molecule has 3 aliphatic heterocycles. The van der Waals surface area contributed by atoms with Gasteiger partial charge in [-0.2, -0.15) is 10.5 Å². The largest absolute Gasteiger partial charge is 0.333 e. The zero-order valence-corrected chi connectivity index (χ0v) is 18.2. The number of benzene rings is 1. The van der Waals surface area contributed by atoms with Crippen LogP contribution in [0.2, 0.25) is 0 Å². The minimum absolute atomic E-state index is 0.0620. The molecular weight excluding hydrogens is 404 g/mol. The van der Waals surface area contributed by atoms with E-state index in [0.717, 1.165) is 24.8 Å². The van der Waals surface area contributed by atoms with Gasteiger partial charge in [0.15, 0.2) is 0 Å². The summed E-state index contributed by atoms with van der Waals surface area (Å²) < 4.78 is 0. The fourth-order valence-corrected chi connectivity index (χ4v) is 6.14. The van der Waals surface area contributed by atoms with Crippen LogP contribution in [0.3, 0.4) is 0 Å². The van der Waals surface area contributed by atoms with Crippen LogP contribution in [0.1, 0.15) is 37.3 Å². The second-order valence-corrected chi connectivity index (χ2v) is 9.73. The molecule has 0 radical (unpaired) electrons. The minimum Gasteiger partial charge on any atom is -0.333 e. The third kappa shape index (κ3) is 3.35. The maximum absolute atomic E-state index is 13.2. The van der Waals surface area contributed by atoms with E-state index >= 15 is 0 Å². The molecule has 6 unspecified atom stereocenters. The number of rotatable bonds is 5. The smallest absolute Gasteiger partial charge is 0.242 e. The lowest BCUT2D eigenvalue weighted by molar-refractivity contribution is -0.140. The first-order chi connectivity index (χ1) is 15.4. The summed E-state index contributed by atoms with van der Waals surface area (Å²) in [5.74, 6) is 0.832. The standard InChI is InChI=1S/C24H28N6O2/c1-14-19-6-5-17(10-26)30(22(14)19)23(31)20(27)13-28-12-18-8-21(28)24(32)29(18)11-16-4-2-3-15(7-16)9-25/h2-4,7,14,17-22H,5-6,8,11-13,27H2,1H3/t14-,17?,18?,19?,20?,21?,22?/m0/s1. The van der Waals surface area contributed by atoms with E-state index in [4.69, 9.17) is 11.0 Å². The van der Waals surface area contributed by atoms with Crippen LogP contribution in [0.15, 0.2) is 24.3 Å². The topological polar surface area (TPSA) is 117 Å². The molecule has 0 aromatic heterocycles. The second kappa shape index (κ2) is 7.88. The molecule has 5 rings (SSSR count). The highest BCUT2D eigenvalue weighted by molar-refractivity contribution is 5.86. The van der Waals surface area contributed by atoms with Crippen LogP contribution in [0, 0.1) is 34.5 Å². The first-order valence-corrected chi connectivity index (χ1v) is 11.4. The van der Waals surface area contributed by atoms with Gasteiger partial charge in [0.2, 0.25) is 11.8 Å². The number of fused-ring (bicyclic) bond motifs is 3. The third-order valence-electron chi connectivity index (χ3n) is 7.89. The number of hydrogen-bond acceptors (Lipinski definition) is 6. The summed E-state index contributed by atoms with van der Waals surface area (Å²) in [7, 11) is 0. The van der Waals surface area contributed by atoms with E-state index in [-0.39, 0.29) is 29.9 Å². The molecular formula is C24H28N6O2. The number of piperidine rings is 1. The summed E-state index contributed by atoms with van der Waals surface area (Å²) in [6, 6.07) is 10.6. The predicted octanol–water partition coefficient (Wildman–Crippen LogP) is 0.820. The van der Waals surface area contributed by atoms with E-state index in [0.29, 0.717) is 37.0 Å². The normalized spacial score (nSPS) is 34.1. The van der Waals surface area contributed by atoms with Gasteiger partial charge in [-0.05, 0) is 48.8 Å². The van der Waals surface area contributed by atoms with Crippen LogP contribution in [0.5, 0.6) is 0 Å². The van der Waals surface area contributed by atoms with Gasteiger partial charge in [0.05, 0.1) is 29.8 Å². The molecule has 0 spiro atoms. The van der Waals surface area contributed by atoms with Gasteiger partial charge >= 0.3 is 0 Å². The molecule has 2 N–H and O–H groups in total. The quantitative estimate of drug-likeness (QED) is 0.736. The third-order valence-corrected chi connectivity index (χ3v) is 7.89. The molecule has 2 bridgehead atoms. The maximum atomic E-state index is 13.2. The summed E-state index contributed by atoms with van der Waals surface area (Å²) in [6.45, 7) is 3.66. The van der Waals surface area contributed by atoms with Crippen molar-refractivity contribution in [1.29, 1.82) is 10.5 Å². The Hall–Kier alpha value is -2.94. The van der Waals surface area contributed by atoms with Gasteiger partial charge in [0, 0.05) is 31.7 Å². The molecule has 3 heterocycles. The summed E-state index contributed by atoms with van der Waals surface area (Å²) in [4.78, 5) is 31.9.